The summed E-state index contributed by atoms with van der Waals surface area (Å²) in [5, 5.41) is 6.69. The van der Waals surface area contributed by atoms with Crippen molar-refractivity contribution < 1.29 is 22.7 Å². The number of halogens is 3. The average molecular weight is 453 g/mol. The number of nitrogens with one attached hydrogen (secondary N) is 1. The zero-order valence-corrected chi connectivity index (χ0v) is 18.8. The fraction of sp³-hybridized carbons (Fsp3) is 0.565. The Morgan fingerprint density at radius 3 is 2.44 bits per heavy atom. The van der Waals surface area contributed by atoms with Crippen LogP contribution in [0, 0.1) is 12.8 Å². The molecule has 2 heterocycles. The number of rotatable bonds is 8. The highest BCUT2D eigenvalue weighted by atomic mass is 19.4. The predicted octanol–water partition coefficient (Wildman–Crippen LogP) is 4.07. The van der Waals surface area contributed by atoms with Crippen molar-refractivity contribution >= 4 is 5.91 Å². The molecule has 1 amide bonds. The smallest absolute Gasteiger partial charge is 0.379 e. The Morgan fingerprint density at radius 2 is 1.84 bits per heavy atom. The van der Waals surface area contributed by atoms with E-state index in [1.807, 2.05) is 0 Å². The van der Waals surface area contributed by atoms with E-state index in [0.29, 0.717) is 30.4 Å². The molecular weight excluding hydrogens is 421 g/mol. The van der Waals surface area contributed by atoms with Gasteiger partial charge >= 0.3 is 6.18 Å². The number of aromatic nitrogens is 2. The van der Waals surface area contributed by atoms with Crippen molar-refractivity contribution in [3.63, 3.8) is 0 Å². The molecule has 1 aromatic carbocycles. The van der Waals surface area contributed by atoms with Crippen molar-refractivity contribution in [1.82, 2.24) is 20.0 Å². The van der Waals surface area contributed by atoms with Crippen LogP contribution in [-0.2, 0) is 10.9 Å². The van der Waals surface area contributed by atoms with Crippen LogP contribution in [-0.4, -0.2) is 59.5 Å². The molecule has 6 nitrogen and oxygen atoms in total. The van der Waals surface area contributed by atoms with Crippen LogP contribution in [0.1, 0.15) is 48.3 Å². The molecule has 1 unspecified atom stereocenters. The normalized spacial score (nSPS) is 16.3. The Hall–Kier alpha value is -2.39. The third-order valence-corrected chi connectivity index (χ3v) is 6.21. The summed E-state index contributed by atoms with van der Waals surface area (Å²) in [6.45, 7) is 8.90. The first-order chi connectivity index (χ1) is 15.3. The number of amides is 1. The lowest BCUT2D eigenvalue weighted by Gasteiger charge is -2.38. The molecule has 0 bridgehead atoms. The number of ether oxygens (including phenoxy) is 1. The average Bonchev–Trinajstić information content (AvgIpc) is 3.23. The summed E-state index contributed by atoms with van der Waals surface area (Å²) in [7, 11) is 0. The van der Waals surface area contributed by atoms with E-state index in [2.05, 4.69) is 29.2 Å². The summed E-state index contributed by atoms with van der Waals surface area (Å²) in [6, 6.07) is 6.69. The minimum absolute atomic E-state index is 0.0404. The third-order valence-electron chi connectivity index (χ3n) is 6.21. The molecular formula is C23H31F3N4O2. The second-order valence-electron chi connectivity index (χ2n) is 8.11. The maximum Gasteiger partial charge on any atom is 0.434 e. The van der Waals surface area contributed by atoms with Gasteiger partial charge in [-0.2, -0.15) is 18.3 Å². The van der Waals surface area contributed by atoms with Gasteiger partial charge in [0.2, 0.25) is 0 Å². The van der Waals surface area contributed by atoms with Gasteiger partial charge in [0.05, 0.1) is 30.7 Å². The Balaban J connectivity index is 1.86. The zero-order chi connectivity index (χ0) is 23.3. The Bertz CT molecular complexity index is 903. The predicted molar refractivity (Wildman–Crippen MR) is 116 cm³/mol. The van der Waals surface area contributed by atoms with Crippen LogP contribution in [0.15, 0.2) is 30.5 Å². The van der Waals surface area contributed by atoms with Gasteiger partial charge in [0.1, 0.15) is 0 Å². The molecule has 9 heteroatoms. The number of carbonyl (C=O) groups excluding carboxylic acids is 1. The molecule has 32 heavy (non-hydrogen) atoms. The second-order valence-corrected chi connectivity index (χ2v) is 8.11. The molecule has 1 atom stereocenters. The summed E-state index contributed by atoms with van der Waals surface area (Å²) in [4.78, 5) is 15.2. The summed E-state index contributed by atoms with van der Waals surface area (Å²) in [5.74, 6) is -0.438. The minimum Gasteiger partial charge on any atom is -0.379 e. The summed E-state index contributed by atoms with van der Waals surface area (Å²) in [5.41, 5.74) is -0.600. The molecule has 0 radical (unpaired) electrons. The Morgan fingerprint density at radius 1 is 1.19 bits per heavy atom. The first kappa shape index (κ1) is 24.3. The van der Waals surface area contributed by atoms with Crippen LogP contribution in [0.25, 0.3) is 5.69 Å². The minimum atomic E-state index is -4.73. The van der Waals surface area contributed by atoms with E-state index in [9.17, 15) is 18.0 Å². The van der Waals surface area contributed by atoms with Crippen LogP contribution in [0.2, 0.25) is 0 Å². The van der Waals surface area contributed by atoms with Crippen molar-refractivity contribution in [2.24, 2.45) is 5.92 Å². The van der Waals surface area contributed by atoms with Gasteiger partial charge < -0.3 is 10.1 Å². The molecule has 0 aliphatic carbocycles. The number of hydrogen-bond donors (Lipinski definition) is 1. The zero-order valence-electron chi connectivity index (χ0n) is 18.8. The van der Waals surface area contributed by atoms with Gasteiger partial charge in [0.25, 0.3) is 5.91 Å². The van der Waals surface area contributed by atoms with Crippen molar-refractivity contribution in [3.8, 4) is 5.69 Å². The lowest BCUT2D eigenvalue weighted by molar-refractivity contribution is -0.143. The molecule has 1 aliphatic rings. The van der Waals surface area contributed by atoms with Gasteiger partial charge in [0.15, 0.2) is 5.69 Å². The van der Waals surface area contributed by atoms with Gasteiger partial charge in [-0.15, -0.1) is 0 Å². The SMILES string of the molecule is CCC(CC)C(CNC(=O)c1cnn(-c2ccccc2C)c1C(F)(F)F)N1CCOCC1. The van der Waals surface area contributed by atoms with E-state index in [1.54, 1.807) is 31.2 Å². The summed E-state index contributed by atoms with van der Waals surface area (Å²) >= 11 is 0. The molecule has 1 saturated heterocycles. The van der Waals surface area contributed by atoms with Crippen LogP contribution >= 0.6 is 0 Å². The topological polar surface area (TPSA) is 59.4 Å². The van der Waals surface area contributed by atoms with Crippen molar-refractivity contribution in [3.05, 3.63) is 47.3 Å². The van der Waals surface area contributed by atoms with Crippen LogP contribution in [0.4, 0.5) is 13.2 Å². The monoisotopic (exact) mass is 452 g/mol. The quantitative estimate of drug-likeness (QED) is 0.656. The highest BCUT2D eigenvalue weighted by Gasteiger charge is 2.41. The van der Waals surface area contributed by atoms with E-state index >= 15 is 0 Å². The molecule has 3 rings (SSSR count). The van der Waals surface area contributed by atoms with E-state index in [-0.39, 0.29) is 12.6 Å². The molecule has 1 N–H and O–H groups in total. The Kier molecular flexibility index (Phi) is 7.95. The number of para-hydroxylation sites is 1. The fourth-order valence-corrected chi connectivity index (χ4v) is 4.40. The lowest BCUT2D eigenvalue weighted by atomic mass is 9.92. The molecule has 0 saturated carbocycles. The van der Waals surface area contributed by atoms with Gasteiger partial charge in [-0.1, -0.05) is 44.9 Å². The summed E-state index contributed by atoms with van der Waals surface area (Å²) < 4.78 is 48.2. The summed E-state index contributed by atoms with van der Waals surface area (Å²) in [6.07, 6.45) is -1.88. The van der Waals surface area contributed by atoms with Gasteiger partial charge in [-0.3, -0.25) is 9.69 Å². The van der Waals surface area contributed by atoms with E-state index in [1.165, 1.54) is 0 Å². The van der Waals surface area contributed by atoms with E-state index in [0.717, 1.165) is 36.8 Å². The highest BCUT2D eigenvalue weighted by Crippen LogP contribution is 2.34. The largest absolute Gasteiger partial charge is 0.434 e. The molecule has 2 aromatic rings. The number of benzene rings is 1. The van der Waals surface area contributed by atoms with Gasteiger partial charge in [0, 0.05) is 25.7 Å². The number of nitrogens with zero attached hydrogens (tertiary/aromatic N) is 3. The standard InChI is InChI=1S/C23H31F3N4O2/c1-4-17(5-2)20(29-10-12-32-13-11-29)15-27-22(31)18-14-28-30(21(18)23(24,25)26)19-9-7-6-8-16(19)3/h6-9,14,17,20H,4-5,10-13,15H2,1-3H3,(H,27,31). The van der Waals surface area contributed by atoms with Crippen molar-refractivity contribution in [1.29, 1.82) is 0 Å². The molecule has 1 aromatic heterocycles. The Labute approximate surface area is 186 Å². The van der Waals surface area contributed by atoms with Crippen LogP contribution in [0.3, 0.4) is 0 Å². The van der Waals surface area contributed by atoms with Gasteiger partial charge in [-0.25, -0.2) is 4.68 Å². The first-order valence-electron chi connectivity index (χ1n) is 11.1. The van der Waals surface area contributed by atoms with E-state index in [4.69, 9.17) is 4.74 Å². The van der Waals surface area contributed by atoms with Crippen LogP contribution < -0.4 is 5.32 Å². The maximum atomic E-state index is 14.0. The molecule has 1 aliphatic heterocycles. The lowest BCUT2D eigenvalue weighted by Crippen LogP contribution is -2.52. The first-order valence-corrected chi connectivity index (χ1v) is 11.1. The fourth-order valence-electron chi connectivity index (χ4n) is 4.40. The molecule has 176 valence electrons. The van der Waals surface area contributed by atoms with Crippen LogP contribution in [0.5, 0.6) is 0 Å². The van der Waals surface area contributed by atoms with Crippen molar-refractivity contribution in [2.45, 2.75) is 45.8 Å². The number of hydrogen-bond acceptors (Lipinski definition) is 4. The number of carbonyl (C=O) groups is 1. The van der Waals surface area contributed by atoms with Crippen molar-refractivity contribution in [2.75, 3.05) is 32.8 Å². The number of aryl methyl sites for hydroxylation is 1. The third kappa shape index (κ3) is 5.32. The van der Waals surface area contributed by atoms with E-state index < -0.39 is 23.3 Å². The number of morpholine rings is 1. The molecule has 1 fully saturated rings. The highest BCUT2D eigenvalue weighted by molar-refractivity contribution is 5.95. The maximum absolute atomic E-state index is 14.0. The number of alkyl halides is 3. The van der Waals surface area contributed by atoms with Gasteiger partial charge in [-0.05, 0) is 24.5 Å². The second kappa shape index (κ2) is 10.5. The molecule has 0 spiro atoms.